The average molecular weight is 286 g/mol. The molecule has 0 saturated heterocycles. The fraction of sp³-hybridized carbons (Fsp3) is 0.188. The van der Waals surface area contributed by atoms with E-state index in [0.717, 1.165) is 5.56 Å². The van der Waals surface area contributed by atoms with Crippen molar-refractivity contribution in [3.8, 4) is 17.2 Å². The van der Waals surface area contributed by atoms with Crippen LogP contribution in [0.2, 0.25) is 0 Å². The van der Waals surface area contributed by atoms with Crippen molar-refractivity contribution in [1.82, 2.24) is 0 Å². The van der Waals surface area contributed by atoms with Crippen LogP contribution in [0.5, 0.6) is 17.2 Å². The zero-order valence-electron chi connectivity index (χ0n) is 11.2. The van der Waals surface area contributed by atoms with Gasteiger partial charge in [-0.15, -0.1) is 0 Å². The Labute approximate surface area is 121 Å². The van der Waals surface area contributed by atoms with E-state index in [1.54, 1.807) is 42.5 Å². The van der Waals surface area contributed by atoms with Gasteiger partial charge in [0.15, 0.2) is 23.9 Å². The van der Waals surface area contributed by atoms with E-state index < -0.39 is 0 Å². The van der Waals surface area contributed by atoms with E-state index in [0.29, 0.717) is 22.8 Å². The second-order valence-electron chi connectivity index (χ2n) is 4.58. The Balaban J connectivity index is 1.63. The van der Waals surface area contributed by atoms with Crippen LogP contribution in [-0.2, 0) is 6.61 Å². The first-order valence-corrected chi connectivity index (χ1v) is 6.52. The first-order chi connectivity index (χ1) is 10.3. The van der Waals surface area contributed by atoms with Crippen LogP contribution in [0, 0.1) is 0 Å². The van der Waals surface area contributed by atoms with Crippen LogP contribution in [0.25, 0.3) is 0 Å². The average Bonchev–Trinajstić information content (AvgIpc) is 3.00. The van der Waals surface area contributed by atoms with E-state index in [-0.39, 0.29) is 25.8 Å². The summed E-state index contributed by atoms with van der Waals surface area (Å²) in [6.07, 6.45) is 0. The summed E-state index contributed by atoms with van der Waals surface area (Å²) < 4.78 is 15.9. The van der Waals surface area contributed by atoms with Crippen molar-refractivity contribution >= 4 is 5.78 Å². The molecule has 21 heavy (non-hydrogen) atoms. The van der Waals surface area contributed by atoms with Crippen molar-refractivity contribution in [2.75, 3.05) is 13.4 Å². The van der Waals surface area contributed by atoms with Crippen molar-refractivity contribution in [1.29, 1.82) is 0 Å². The number of hydrogen-bond donors (Lipinski definition) is 1. The van der Waals surface area contributed by atoms with Crippen molar-refractivity contribution in [3.05, 3.63) is 53.6 Å². The molecule has 1 aliphatic rings. The van der Waals surface area contributed by atoms with Gasteiger partial charge >= 0.3 is 0 Å². The molecule has 0 atom stereocenters. The second kappa shape index (κ2) is 5.85. The highest BCUT2D eigenvalue weighted by Gasteiger charge is 2.16. The molecule has 0 aromatic heterocycles. The minimum Gasteiger partial charge on any atom is -0.485 e. The number of rotatable bonds is 5. The third-order valence-corrected chi connectivity index (χ3v) is 3.17. The molecule has 108 valence electrons. The van der Waals surface area contributed by atoms with Crippen molar-refractivity contribution in [2.24, 2.45) is 0 Å². The predicted molar refractivity (Wildman–Crippen MR) is 74.8 cm³/mol. The number of aliphatic hydroxyl groups is 1. The lowest BCUT2D eigenvalue weighted by atomic mass is 10.1. The van der Waals surface area contributed by atoms with Crippen molar-refractivity contribution in [2.45, 2.75) is 6.61 Å². The highest BCUT2D eigenvalue weighted by atomic mass is 16.7. The summed E-state index contributed by atoms with van der Waals surface area (Å²) >= 11 is 0. The van der Waals surface area contributed by atoms with Crippen LogP contribution >= 0.6 is 0 Å². The SMILES string of the molecule is O=C(COc1ccc(CO)cc1)c1ccc2c(c1)OCO2. The first-order valence-electron chi connectivity index (χ1n) is 6.52. The van der Waals surface area contributed by atoms with Crippen LogP contribution in [0.3, 0.4) is 0 Å². The van der Waals surface area contributed by atoms with Gasteiger partial charge in [0.2, 0.25) is 6.79 Å². The Hall–Kier alpha value is -2.53. The molecule has 1 aliphatic heterocycles. The van der Waals surface area contributed by atoms with E-state index >= 15 is 0 Å². The molecule has 5 heteroatoms. The Bertz CT molecular complexity index is 648. The number of aliphatic hydroxyl groups excluding tert-OH is 1. The zero-order valence-corrected chi connectivity index (χ0v) is 11.2. The van der Waals surface area contributed by atoms with Gasteiger partial charge in [0.05, 0.1) is 6.61 Å². The fourth-order valence-electron chi connectivity index (χ4n) is 1.99. The molecule has 0 bridgehead atoms. The molecule has 2 aromatic rings. The van der Waals surface area contributed by atoms with Crippen molar-refractivity contribution in [3.63, 3.8) is 0 Å². The van der Waals surface area contributed by atoms with E-state index in [2.05, 4.69) is 0 Å². The quantitative estimate of drug-likeness (QED) is 0.853. The number of benzene rings is 2. The van der Waals surface area contributed by atoms with Gasteiger partial charge in [-0.3, -0.25) is 4.79 Å². The standard InChI is InChI=1S/C16H14O5/c17-8-11-1-4-13(5-2-11)19-9-14(18)12-3-6-15-16(7-12)21-10-20-15/h1-7,17H,8-10H2. The molecule has 0 spiro atoms. The largest absolute Gasteiger partial charge is 0.485 e. The summed E-state index contributed by atoms with van der Waals surface area (Å²) in [6, 6.07) is 12.0. The highest BCUT2D eigenvalue weighted by Crippen LogP contribution is 2.32. The summed E-state index contributed by atoms with van der Waals surface area (Å²) in [4.78, 5) is 12.1. The molecule has 2 aromatic carbocycles. The molecular formula is C16H14O5. The summed E-state index contributed by atoms with van der Waals surface area (Å²) in [5.74, 6) is 1.67. The van der Waals surface area contributed by atoms with Crippen LogP contribution < -0.4 is 14.2 Å². The third kappa shape index (κ3) is 2.98. The van der Waals surface area contributed by atoms with Crippen LogP contribution in [0.4, 0.5) is 0 Å². The molecule has 3 rings (SSSR count). The van der Waals surface area contributed by atoms with E-state index in [9.17, 15) is 4.79 Å². The summed E-state index contributed by atoms with van der Waals surface area (Å²) in [7, 11) is 0. The minimum atomic E-state index is -0.139. The van der Waals surface area contributed by atoms with Crippen LogP contribution in [0.1, 0.15) is 15.9 Å². The maximum absolute atomic E-state index is 12.1. The third-order valence-electron chi connectivity index (χ3n) is 3.17. The van der Waals surface area contributed by atoms with Crippen molar-refractivity contribution < 1.29 is 24.1 Å². The molecule has 0 fully saturated rings. The van der Waals surface area contributed by atoms with Gasteiger partial charge in [-0.25, -0.2) is 0 Å². The molecule has 0 amide bonds. The zero-order chi connectivity index (χ0) is 14.7. The number of ether oxygens (including phenoxy) is 3. The van der Waals surface area contributed by atoms with Gasteiger partial charge < -0.3 is 19.3 Å². The second-order valence-corrected chi connectivity index (χ2v) is 4.58. The van der Waals surface area contributed by atoms with Gasteiger partial charge in [0, 0.05) is 5.56 Å². The summed E-state index contributed by atoms with van der Waals surface area (Å²) in [5.41, 5.74) is 1.32. The van der Waals surface area contributed by atoms with E-state index in [1.165, 1.54) is 0 Å². The van der Waals surface area contributed by atoms with Gasteiger partial charge in [-0.05, 0) is 35.9 Å². The molecular weight excluding hydrogens is 272 g/mol. The van der Waals surface area contributed by atoms with Gasteiger partial charge in [0.1, 0.15) is 5.75 Å². The monoisotopic (exact) mass is 286 g/mol. The molecule has 1 N–H and O–H groups in total. The van der Waals surface area contributed by atoms with Crippen LogP contribution in [-0.4, -0.2) is 24.3 Å². The minimum absolute atomic E-state index is 0.0175. The lowest BCUT2D eigenvalue weighted by molar-refractivity contribution is 0.0921. The molecule has 5 nitrogen and oxygen atoms in total. The molecule has 0 unspecified atom stereocenters. The normalized spacial score (nSPS) is 12.2. The highest BCUT2D eigenvalue weighted by molar-refractivity contribution is 5.97. The fourth-order valence-corrected chi connectivity index (χ4v) is 1.99. The predicted octanol–water partition coefficient (Wildman–Crippen LogP) is 2.17. The number of carbonyl (C=O) groups excluding carboxylic acids is 1. The molecule has 1 heterocycles. The smallest absolute Gasteiger partial charge is 0.231 e. The summed E-state index contributed by atoms with van der Waals surface area (Å²) in [6.45, 7) is 0.106. The maximum Gasteiger partial charge on any atom is 0.231 e. The number of Topliss-reactive ketones (excluding diaryl/α,β-unsaturated/α-hetero) is 1. The van der Waals surface area contributed by atoms with E-state index in [4.69, 9.17) is 19.3 Å². The maximum atomic E-state index is 12.1. The Morgan fingerprint density at radius 2 is 1.86 bits per heavy atom. The van der Waals surface area contributed by atoms with E-state index in [1.807, 2.05) is 0 Å². The summed E-state index contributed by atoms with van der Waals surface area (Å²) in [5, 5.41) is 8.96. The van der Waals surface area contributed by atoms with Gasteiger partial charge in [0.25, 0.3) is 0 Å². The molecule has 0 saturated carbocycles. The number of fused-ring (bicyclic) bond motifs is 1. The van der Waals surface area contributed by atoms with Gasteiger partial charge in [-0.2, -0.15) is 0 Å². The number of ketones is 1. The number of carbonyl (C=O) groups is 1. The Kier molecular flexibility index (Phi) is 3.75. The Morgan fingerprint density at radius 3 is 2.62 bits per heavy atom. The molecule has 0 aliphatic carbocycles. The lowest BCUT2D eigenvalue weighted by Gasteiger charge is -2.06. The van der Waals surface area contributed by atoms with Crippen LogP contribution in [0.15, 0.2) is 42.5 Å². The Morgan fingerprint density at radius 1 is 1.10 bits per heavy atom. The number of hydrogen-bond acceptors (Lipinski definition) is 5. The van der Waals surface area contributed by atoms with Gasteiger partial charge in [-0.1, -0.05) is 12.1 Å². The lowest BCUT2D eigenvalue weighted by Crippen LogP contribution is -2.11. The topological polar surface area (TPSA) is 65.0 Å². The molecule has 0 radical (unpaired) electrons. The first kappa shape index (κ1) is 13.5.